The zero-order chi connectivity index (χ0) is 21.8. The number of rotatable bonds is 4. The van der Waals surface area contributed by atoms with E-state index in [-0.39, 0.29) is 11.5 Å². The summed E-state index contributed by atoms with van der Waals surface area (Å²) in [6, 6.07) is 6.72. The summed E-state index contributed by atoms with van der Waals surface area (Å²) >= 11 is 0. The topological polar surface area (TPSA) is 94.1 Å². The summed E-state index contributed by atoms with van der Waals surface area (Å²) in [7, 11) is 1.80. The first-order chi connectivity index (χ1) is 14.3. The Labute approximate surface area is 174 Å². The first-order valence-electron chi connectivity index (χ1n) is 9.47. The molecule has 0 bridgehead atoms. The van der Waals surface area contributed by atoms with Gasteiger partial charge in [-0.1, -0.05) is 19.1 Å². The maximum Gasteiger partial charge on any atom is 0.137 e. The van der Waals surface area contributed by atoms with Crippen LogP contribution in [-0.4, -0.2) is 25.2 Å². The van der Waals surface area contributed by atoms with Gasteiger partial charge in [-0.2, -0.15) is 5.26 Å². The second-order valence-electron chi connectivity index (χ2n) is 7.32. The van der Waals surface area contributed by atoms with Crippen LogP contribution in [0.5, 0.6) is 0 Å². The van der Waals surface area contributed by atoms with Crippen LogP contribution in [0.15, 0.2) is 49.0 Å². The molecule has 1 saturated carbocycles. The van der Waals surface area contributed by atoms with Gasteiger partial charge in [0.25, 0.3) is 0 Å². The molecule has 0 spiro atoms. The number of nitriles is 1. The van der Waals surface area contributed by atoms with Crippen LogP contribution in [-0.2, 0) is 7.05 Å². The van der Waals surface area contributed by atoms with Crippen molar-refractivity contribution in [3.8, 4) is 17.3 Å². The quantitative estimate of drug-likeness (QED) is 0.485. The second-order valence-corrected chi connectivity index (χ2v) is 7.32. The van der Waals surface area contributed by atoms with E-state index in [1.165, 1.54) is 24.3 Å². The number of allylic oxidation sites excluding steroid dienone is 2. The number of nitrogens with zero attached hydrogens (tertiary/aromatic N) is 4. The summed E-state index contributed by atoms with van der Waals surface area (Å²) in [5, 5.41) is 17.1. The van der Waals surface area contributed by atoms with Crippen molar-refractivity contribution in [2.75, 3.05) is 0 Å². The fourth-order valence-corrected chi connectivity index (χ4v) is 2.80. The predicted octanol–water partition coefficient (Wildman–Crippen LogP) is 4.79. The summed E-state index contributed by atoms with van der Waals surface area (Å²) < 4.78 is 15.2. The molecular weight excluding hydrogens is 379 g/mol. The molecule has 4 rings (SSSR count). The molecular formula is C23H23FN6. The van der Waals surface area contributed by atoms with Crippen LogP contribution < -0.4 is 0 Å². The Hall–Kier alpha value is -3.79. The van der Waals surface area contributed by atoms with Gasteiger partial charge in [0.1, 0.15) is 23.4 Å². The van der Waals surface area contributed by atoms with Gasteiger partial charge in [0.05, 0.1) is 29.6 Å². The minimum absolute atomic E-state index is 0.229. The van der Waals surface area contributed by atoms with E-state index in [0.717, 1.165) is 11.5 Å². The molecule has 0 aliphatic heterocycles. The molecule has 2 heterocycles. The lowest BCUT2D eigenvalue weighted by atomic mass is 10.0. The molecule has 1 aliphatic carbocycles. The number of halogens is 1. The number of nitrogens with one attached hydrogen (secondary N) is 2. The SMILES string of the molecule is C=C1CC1C.Cc1cc(-c2ncn(C)c2C(=N)/C=C\c2ncc(C#N)[nH]2)ccc1F. The minimum Gasteiger partial charge on any atom is -0.332 e. The number of aromatic amines is 1. The molecule has 7 heteroatoms. The van der Waals surface area contributed by atoms with Crippen molar-refractivity contribution < 1.29 is 4.39 Å². The van der Waals surface area contributed by atoms with Gasteiger partial charge in [-0.05, 0) is 55.2 Å². The van der Waals surface area contributed by atoms with Gasteiger partial charge in [0.2, 0.25) is 0 Å². The van der Waals surface area contributed by atoms with Crippen LogP contribution >= 0.6 is 0 Å². The van der Waals surface area contributed by atoms with Gasteiger partial charge in [0.15, 0.2) is 0 Å². The molecule has 0 radical (unpaired) electrons. The highest BCUT2D eigenvalue weighted by Gasteiger charge is 2.20. The Morgan fingerprint density at radius 3 is 2.70 bits per heavy atom. The molecule has 0 saturated heterocycles. The summed E-state index contributed by atoms with van der Waals surface area (Å²) in [5.74, 6) is 1.07. The number of aromatic nitrogens is 4. The number of hydrogen-bond acceptors (Lipinski definition) is 4. The highest BCUT2D eigenvalue weighted by atomic mass is 19.1. The van der Waals surface area contributed by atoms with Crippen LogP contribution in [0.1, 0.15) is 36.1 Å². The molecule has 3 aromatic rings. The van der Waals surface area contributed by atoms with Gasteiger partial charge in [-0.25, -0.2) is 14.4 Å². The van der Waals surface area contributed by atoms with E-state index in [1.807, 2.05) is 6.07 Å². The summed E-state index contributed by atoms with van der Waals surface area (Å²) in [4.78, 5) is 11.2. The van der Waals surface area contributed by atoms with E-state index < -0.39 is 0 Å². The highest BCUT2D eigenvalue weighted by molar-refractivity contribution is 6.10. The van der Waals surface area contributed by atoms with Crippen LogP contribution in [0, 0.1) is 35.4 Å². The van der Waals surface area contributed by atoms with E-state index >= 15 is 0 Å². The van der Waals surface area contributed by atoms with Crippen LogP contribution in [0.2, 0.25) is 0 Å². The van der Waals surface area contributed by atoms with Crippen molar-refractivity contribution in [1.29, 1.82) is 10.7 Å². The fraction of sp³-hybridized carbons (Fsp3) is 0.217. The maximum absolute atomic E-state index is 13.5. The molecule has 1 atom stereocenters. The normalized spacial score (nSPS) is 14.9. The second kappa shape index (κ2) is 8.70. The lowest BCUT2D eigenvalue weighted by Gasteiger charge is -2.06. The predicted molar refractivity (Wildman–Crippen MR) is 115 cm³/mol. The average Bonchev–Trinajstić information content (AvgIpc) is 3.12. The smallest absolute Gasteiger partial charge is 0.137 e. The van der Waals surface area contributed by atoms with Crippen LogP contribution in [0.4, 0.5) is 4.39 Å². The first kappa shape index (κ1) is 20.9. The average molecular weight is 402 g/mol. The Morgan fingerprint density at radius 1 is 1.43 bits per heavy atom. The van der Waals surface area contributed by atoms with Crippen molar-refractivity contribution in [3.05, 3.63) is 77.5 Å². The fourth-order valence-electron chi connectivity index (χ4n) is 2.80. The standard InChI is InChI=1S/C18H15FN6.C5H8/c1-11-7-12(3-4-14(11)19)17-18(25(2)10-23-17)15(21)5-6-16-22-9-13(8-20)24-16;1-4-3-5(4)2/h3-7,9-10,21H,1-2H3,(H,22,24);5H,1,3H2,2H3/b6-5-,21-15?;. The Morgan fingerprint density at radius 2 is 2.13 bits per heavy atom. The van der Waals surface area contributed by atoms with Gasteiger partial charge in [-0.15, -0.1) is 0 Å². The van der Waals surface area contributed by atoms with E-state index in [2.05, 4.69) is 28.5 Å². The largest absolute Gasteiger partial charge is 0.332 e. The maximum atomic E-state index is 13.5. The zero-order valence-corrected chi connectivity index (χ0v) is 17.2. The number of benzene rings is 1. The zero-order valence-electron chi connectivity index (χ0n) is 17.2. The van der Waals surface area contributed by atoms with Crippen molar-refractivity contribution in [3.63, 3.8) is 0 Å². The third kappa shape index (κ3) is 4.78. The number of imidazole rings is 2. The lowest BCUT2D eigenvalue weighted by Crippen LogP contribution is -2.04. The van der Waals surface area contributed by atoms with Crippen LogP contribution in [0.25, 0.3) is 17.3 Å². The third-order valence-corrected chi connectivity index (χ3v) is 4.85. The summed E-state index contributed by atoms with van der Waals surface area (Å²) in [5.41, 5.74) is 4.49. The summed E-state index contributed by atoms with van der Waals surface area (Å²) in [6.07, 6.45) is 7.53. The minimum atomic E-state index is -0.276. The summed E-state index contributed by atoms with van der Waals surface area (Å²) in [6.45, 7) is 7.64. The highest BCUT2D eigenvalue weighted by Crippen LogP contribution is 2.34. The third-order valence-electron chi connectivity index (χ3n) is 4.85. The van der Waals surface area contributed by atoms with Crippen molar-refractivity contribution >= 4 is 11.8 Å². The molecule has 1 fully saturated rings. The van der Waals surface area contributed by atoms with Crippen molar-refractivity contribution in [1.82, 2.24) is 19.5 Å². The van der Waals surface area contributed by atoms with Gasteiger partial charge in [0, 0.05) is 12.6 Å². The Bertz CT molecular complexity index is 1170. The van der Waals surface area contributed by atoms with Gasteiger partial charge < -0.3 is 9.55 Å². The van der Waals surface area contributed by atoms with E-state index in [1.54, 1.807) is 49.2 Å². The number of hydrogen-bond donors (Lipinski definition) is 2. The molecule has 1 aromatic carbocycles. The Kier molecular flexibility index (Phi) is 6.07. The molecule has 1 aliphatic rings. The van der Waals surface area contributed by atoms with Gasteiger partial charge >= 0.3 is 0 Å². The first-order valence-corrected chi connectivity index (χ1v) is 9.47. The number of aryl methyl sites for hydroxylation is 2. The monoisotopic (exact) mass is 402 g/mol. The Balaban J connectivity index is 0.000000448. The van der Waals surface area contributed by atoms with Crippen molar-refractivity contribution in [2.45, 2.75) is 20.3 Å². The van der Waals surface area contributed by atoms with E-state index in [4.69, 9.17) is 10.7 Å². The molecule has 2 N–H and O–H groups in total. The van der Waals surface area contributed by atoms with E-state index in [0.29, 0.717) is 28.5 Å². The van der Waals surface area contributed by atoms with E-state index in [9.17, 15) is 4.39 Å². The lowest BCUT2D eigenvalue weighted by molar-refractivity contribution is 0.619. The molecule has 152 valence electrons. The number of H-pyrrole nitrogens is 1. The van der Waals surface area contributed by atoms with Gasteiger partial charge in [-0.3, -0.25) is 5.41 Å². The molecule has 30 heavy (non-hydrogen) atoms. The molecule has 6 nitrogen and oxygen atoms in total. The van der Waals surface area contributed by atoms with Crippen molar-refractivity contribution in [2.24, 2.45) is 13.0 Å². The molecule has 1 unspecified atom stereocenters. The molecule has 2 aromatic heterocycles. The molecule has 0 amide bonds. The van der Waals surface area contributed by atoms with Crippen LogP contribution in [0.3, 0.4) is 0 Å².